The predicted molar refractivity (Wildman–Crippen MR) is 195 cm³/mol. The van der Waals surface area contributed by atoms with Gasteiger partial charge in [-0.05, 0) is 67.8 Å². The molecule has 9 nitrogen and oxygen atoms in total. The van der Waals surface area contributed by atoms with E-state index in [1.54, 1.807) is 0 Å². The van der Waals surface area contributed by atoms with E-state index in [0.29, 0.717) is 64.1 Å². The van der Waals surface area contributed by atoms with Gasteiger partial charge in [-0.3, -0.25) is 14.4 Å². The minimum absolute atomic E-state index is 0.0234. The summed E-state index contributed by atoms with van der Waals surface area (Å²) in [4.78, 5) is 40.5. The Morgan fingerprint density at radius 2 is 1.55 bits per heavy atom. The Morgan fingerprint density at radius 3 is 2.29 bits per heavy atom. The normalized spacial score (nSPS) is 12.8. The van der Waals surface area contributed by atoms with Gasteiger partial charge in [0.2, 0.25) is 11.8 Å². The van der Waals surface area contributed by atoms with Gasteiger partial charge in [0.15, 0.2) is 0 Å². The van der Waals surface area contributed by atoms with Gasteiger partial charge in [0.05, 0.1) is 30.5 Å². The van der Waals surface area contributed by atoms with E-state index in [0.717, 1.165) is 57.7 Å². The summed E-state index contributed by atoms with van der Waals surface area (Å²) in [5.74, 6) is 0.863. The van der Waals surface area contributed by atoms with Crippen molar-refractivity contribution in [2.75, 3.05) is 18.5 Å². The van der Waals surface area contributed by atoms with Gasteiger partial charge in [0.1, 0.15) is 11.5 Å². The molecule has 2 N–H and O–H groups in total. The Morgan fingerprint density at radius 1 is 0.857 bits per heavy atom. The molecule has 3 aromatic carbocycles. The molecule has 4 aromatic rings. The predicted octanol–water partition coefficient (Wildman–Crippen LogP) is 6.73. The fourth-order valence-electron chi connectivity index (χ4n) is 6.42. The van der Waals surface area contributed by atoms with Crippen LogP contribution in [0.15, 0.2) is 72.8 Å². The maximum atomic E-state index is 13.8. The lowest BCUT2D eigenvalue weighted by atomic mass is 9.95. The number of nitrogens with zero attached hydrogens (tertiary/aromatic N) is 4. The Balaban J connectivity index is 1.35. The van der Waals surface area contributed by atoms with Gasteiger partial charge in [-0.25, -0.2) is 4.68 Å². The number of likely N-dealkylation sites (N-methyl/N-ethyl adjacent to an activating group) is 1. The molecule has 1 aliphatic heterocycles. The number of aromatic nitrogens is 3. The number of hydrogen-bond acceptors (Lipinski definition) is 6. The van der Waals surface area contributed by atoms with E-state index in [4.69, 9.17) is 5.10 Å². The summed E-state index contributed by atoms with van der Waals surface area (Å²) >= 11 is 0. The number of unbranched alkanes of at least 4 members (excludes halogenated alkanes) is 1. The molecule has 0 saturated heterocycles. The van der Waals surface area contributed by atoms with Crippen LogP contribution in [0.3, 0.4) is 0 Å². The Bertz CT molecular complexity index is 1730. The van der Waals surface area contributed by atoms with Crippen LogP contribution in [0.5, 0.6) is 0 Å². The van der Waals surface area contributed by atoms with Gasteiger partial charge in [0, 0.05) is 36.9 Å². The third kappa shape index (κ3) is 9.09. The molecule has 5 rings (SSSR count). The zero-order valence-electron chi connectivity index (χ0n) is 29.4. The van der Waals surface area contributed by atoms with E-state index in [9.17, 15) is 14.4 Å². The summed E-state index contributed by atoms with van der Waals surface area (Å²) in [6, 6.07) is 24.3. The van der Waals surface area contributed by atoms with Crippen molar-refractivity contribution in [2.24, 2.45) is 5.92 Å². The molecule has 0 saturated carbocycles. The van der Waals surface area contributed by atoms with Crippen LogP contribution in [0.2, 0.25) is 0 Å². The van der Waals surface area contributed by atoms with Gasteiger partial charge in [-0.2, -0.15) is 0 Å². The Kier molecular flexibility index (Phi) is 12.5. The molecule has 1 aromatic heterocycles. The number of anilines is 1. The Hall–Kier alpha value is -4.63. The number of carbonyl (C=O) groups is 3. The zero-order valence-corrected chi connectivity index (χ0v) is 29.4. The van der Waals surface area contributed by atoms with Crippen molar-refractivity contribution in [2.45, 2.75) is 91.3 Å². The third-order valence-electron chi connectivity index (χ3n) is 9.20. The van der Waals surface area contributed by atoms with Gasteiger partial charge in [-0.1, -0.05) is 92.7 Å². The van der Waals surface area contributed by atoms with Crippen molar-refractivity contribution in [1.29, 1.82) is 0 Å². The van der Waals surface area contributed by atoms with Crippen LogP contribution >= 0.6 is 0 Å². The van der Waals surface area contributed by atoms with Crippen molar-refractivity contribution in [3.8, 4) is 22.5 Å². The third-order valence-corrected chi connectivity index (χ3v) is 9.20. The molecule has 9 heteroatoms. The van der Waals surface area contributed by atoms with Gasteiger partial charge >= 0.3 is 0 Å². The number of benzene rings is 3. The molecular weight excluding hydrogens is 612 g/mol. The number of para-hydroxylation sites is 1. The molecule has 1 aliphatic rings. The molecule has 258 valence electrons. The van der Waals surface area contributed by atoms with Crippen LogP contribution in [0.4, 0.5) is 5.69 Å². The summed E-state index contributed by atoms with van der Waals surface area (Å²) in [5, 5.41) is 15.5. The number of amides is 2. The summed E-state index contributed by atoms with van der Waals surface area (Å²) in [6.07, 6.45) is 5.13. The van der Waals surface area contributed by atoms with Crippen LogP contribution in [0.1, 0.15) is 82.4 Å². The number of nitrogens with one attached hydrogen (secondary N) is 2. The molecule has 0 fully saturated rings. The van der Waals surface area contributed by atoms with E-state index in [1.165, 1.54) is 0 Å². The van der Waals surface area contributed by atoms with Gasteiger partial charge in [0.25, 0.3) is 0 Å². The number of carbonyl (C=O) groups excluding carboxylic acids is 3. The largest absolute Gasteiger partial charge is 0.356 e. The van der Waals surface area contributed by atoms with E-state index in [-0.39, 0.29) is 23.6 Å². The fraction of sp³-hybridized carbons (Fsp3) is 0.425. The highest BCUT2D eigenvalue weighted by atomic mass is 16.2. The molecule has 2 amide bonds. The van der Waals surface area contributed by atoms with Crippen LogP contribution in [0, 0.1) is 5.92 Å². The average molecular weight is 663 g/mol. The maximum absolute atomic E-state index is 13.8. The van der Waals surface area contributed by atoms with Crippen molar-refractivity contribution in [3.05, 3.63) is 89.5 Å². The number of Topliss-reactive ketones (excluding diaryl/α,β-unsaturated/α-hetero) is 1. The first-order valence-corrected chi connectivity index (χ1v) is 17.7. The second-order valence-electron chi connectivity index (χ2n) is 13.4. The monoisotopic (exact) mass is 662 g/mol. The van der Waals surface area contributed by atoms with Crippen molar-refractivity contribution in [3.63, 3.8) is 0 Å². The maximum Gasteiger partial charge on any atom is 0.227 e. The first-order valence-electron chi connectivity index (χ1n) is 17.7. The topological polar surface area (TPSA) is 109 Å². The molecule has 2 heterocycles. The van der Waals surface area contributed by atoms with Crippen molar-refractivity contribution >= 4 is 23.3 Å². The highest BCUT2D eigenvalue weighted by Gasteiger charge is 2.29. The van der Waals surface area contributed by atoms with Crippen LogP contribution in [-0.2, 0) is 33.9 Å². The van der Waals surface area contributed by atoms with Crippen LogP contribution in [0.25, 0.3) is 22.5 Å². The lowest BCUT2D eigenvalue weighted by Gasteiger charge is -2.28. The highest BCUT2D eigenvalue weighted by molar-refractivity contribution is 6.00. The summed E-state index contributed by atoms with van der Waals surface area (Å²) in [6.45, 7) is 7.95. The van der Waals surface area contributed by atoms with Crippen molar-refractivity contribution in [1.82, 2.24) is 25.6 Å². The number of rotatable bonds is 16. The Labute approximate surface area is 290 Å². The molecule has 0 unspecified atom stereocenters. The second kappa shape index (κ2) is 17.2. The van der Waals surface area contributed by atoms with Gasteiger partial charge < -0.3 is 15.5 Å². The molecule has 0 radical (unpaired) electrons. The minimum atomic E-state index is -0.185. The SMILES string of the molecule is CCCC(=O)[C@H](Cc1ccc(Cn2nnc3c2-c2ccccc2CN(C(=O)CCCCC(=O)NCCC(C)C)c2ccccc2-3)cc1)NC. The quantitative estimate of drug-likeness (QED) is 0.129. The van der Waals surface area contributed by atoms with Crippen LogP contribution < -0.4 is 15.5 Å². The first kappa shape index (κ1) is 35.7. The number of fused-ring (bicyclic) bond motifs is 5. The van der Waals surface area contributed by atoms with Crippen molar-refractivity contribution < 1.29 is 14.4 Å². The zero-order chi connectivity index (χ0) is 34.8. The lowest BCUT2D eigenvalue weighted by molar-refractivity contribution is -0.122. The summed E-state index contributed by atoms with van der Waals surface area (Å²) in [7, 11) is 1.84. The second-order valence-corrected chi connectivity index (χ2v) is 13.4. The molecule has 0 spiro atoms. The number of ketones is 1. The minimum Gasteiger partial charge on any atom is -0.356 e. The molecule has 0 bridgehead atoms. The molecular formula is C40H50N6O3. The number of hydrogen-bond donors (Lipinski definition) is 2. The summed E-state index contributed by atoms with van der Waals surface area (Å²) in [5.41, 5.74) is 7.53. The van der Waals surface area contributed by atoms with Crippen LogP contribution in [-0.4, -0.2) is 52.2 Å². The van der Waals surface area contributed by atoms with E-state index >= 15 is 0 Å². The first-order chi connectivity index (χ1) is 23.8. The smallest absolute Gasteiger partial charge is 0.227 e. The van der Waals surface area contributed by atoms with E-state index < -0.39 is 0 Å². The molecule has 49 heavy (non-hydrogen) atoms. The van der Waals surface area contributed by atoms with E-state index in [1.807, 2.05) is 60.0 Å². The molecule has 0 aliphatic carbocycles. The van der Waals surface area contributed by atoms with E-state index in [2.05, 4.69) is 66.1 Å². The standard InChI is InChI=1S/C40H50N6O3/c1-5-12-36(47)34(41-4)25-29-19-21-30(22-20-29)26-46-40-32-14-7-6-13-31(32)27-45(35-16-9-8-15-33(35)39(40)43-44-46)38(49)18-11-10-17-37(48)42-24-23-28(2)3/h6-9,13-16,19-22,28,34,41H,5,10-12,17-18,23-27H2,1-4H3,(H,42,48)/t34-/m0/s1. The fourth-order valence-corrected chi connectivity index (χ4v) is 6.42. The molecule has 1 atom stereocenters. The van der Waals surface area contributed by atoms with Gasteiger partial charge in [-0.15, -0.1) is 5.10 Å². The lowest BCUT2D eigenvalue weighted by Crippen LogP contribution is -2.35. The summed E-state index contributed by atoms with van der Waals surface area (Å²) < 4.78 is 1.95. The average Bonchev–Trinajstić information content (AvgIpc) is 3.50. The highest BCUT2D eigenvalue weighted by Crippen LogP contribution is 2.41.